The lowest BCUT2D eigenvalue weighted by Gasteiger charge is -2.28. The van der Waals surface area contributed by atoms with Crippen molar-refractivity contribution < 1.29 is 23.9 Å². The van der Waals surface area contributed by atoms with E-state index < -0.39 is 11.9 Å². The lowest BCUT2D eigenvalue weighted by Crippen LogP contribution is -2.48. The van der Waals surface area contributed by atoms with E-state index in [9.17, 15) is 19.2 Å². The van der Waals surface area contributed by atoms with Crippen molar-refractivity contribution >= 4 is 33.9 Å². The molecule has 0 spiro atoms. The van der Waals surface area contributed by atoms with Crippen molar-refractivity contribution in [2.24, 2.45) is 0 Å². The number of thioether (sulfide) groups is 1. The average Bonchev–Trinajstić information content (AvgIpc) is 2.23. The van der Waals surface area contributed by atoms with Crippen LogP contribution in [0, 0.1) is 0 Å². The van der Waals surface area contributed by atoms with Gasteiger partial charge in [-0.2, -0.15) is 0 Å². The standard InChI is InChI=1S/C10H12N2O5S/c13-7-3-11(4-8(14)17-7)1-2-12-5-9(15)18-10(16)6-12/h1-6H2. The molecule has 0 amide bonds. The van der Waals surface area contributed by atoms with Crippen LogP contribution in [0.3, 0.4) is 0 Å². The van der Waals surface area contributed by atoms with Gasteiger partial charge < -0.3 is 4.74 Å². The van der Waals surface area contributed by atoms with Gasteiger partial charge in [-0.1, -0.05) is 0 Å². The lowest BCUT2D eigenvalue weighted by molar-refractivity contribution is -0.166. The van der Waals surface area contributed by atoms with Crippen LogP contribution in [-0.2, 0) is 23.9 Å². The number of hydrogen-bond donors (Lipinski definition) is 0. The van der Waals surface area contributed by atoms with Crippen molar-refractivity contribution in [2.45, 2.75) is 0 Å². The zero-order valence-electron chi connectivity index (χ0n) is 9.59. The van der Waals surface area contributed by atoms with Crippen molar-refractivity contribution in [1.82, 2.24) is 9.80 Å². The van der Waals surface area contributed by atoms with Crippen LogP contribution in [-0.4, -0.2) is 71.2 Å². The topological polar surface area (TPSA) is 84.0 Å². The van der Waals surface area contributed by atoms with Gasteiger partial charge in [-0.15, -0.1) is 0 Å². The summed E-state index contributed by atoms with van der Waals surface area (Å²) in [6, 6.07) is 0. The van der Waals surface area contributed by atoms with Gasteiger partial charge in [-0.05, 0) is 11.8 Å². The summed E-state index contributed by atoms with van der Waals surface area (Å²) < 4.78 is 4.40. The number of hydrogen-bond acceptors (Lipinski definition) is 8. The van der Waals surface area contributed by atoms with E-state index >= 15 is 0 Å². The largest absolute Gasteiger partial charge is 0.391 e. The smallest absolute Gasteiger partial charge is 0.327 e. The zero-order valence-corrected chi connectivity index (χ0v) is 10.4. The molecule has 2 fully saturated rings. The molecule has 0 aromatic carbocycles. The van der Waals surface area contributed by atoms with Gasteiger partial charge in [0, 0.05) is 13.1 Å². The van der Waals surface area contributed by atoms with Crippen molar-refractivity contribution in [3.05, 3.63) is 0 Å². The minimum Gasteiger partial charge on any atom is -0.391 e. The molecule has 0 radical (unpaired) electrons. The Balaban J connectivity index is 1.80. The summed E-state index contributed by atoms with van der Waals surface area (Å²) in [5, 5.41) is -0.333. The molecule has 0 aromatic rings. The van der Waals surface area contributed by atoms with Crippen LogP contribution >= 0.6 is 11.8 Å². The number of carbonyl (C=O) groups excluding carboxylic acids is 4. The third-order valence-corrected chi connectivity index (χ3v) is 3.31. The minimum absolute atomic E-state index is 0.0657. The van der Waals surface area contributed by atoms with Crippen molar-refractivity contribution in [2.75, 3.05) is 39.3 Å². The highest BCUT2D eigenvalue weighted by molar-refractivity contribution is 8.26. The molecule has 0 aromatic heterocycles. The molecule has 2 aliphatic rings. The van der Waals surface area contributed by atoms with Gasteiger partial charge in [0.1, 0.15) is 0 Å². The Hall–Kier alpha value is -1.25. The van der Waals surface area contributed by atoms with E-state index in [1.165, 1.54) is 0 Å². The van der Waals surface area contributed by atoms with Crippen LogP contribution in [0.4, 0.5) is 0 Å². The van der Waals surface area contributed by atoms with Crippen LogP contribution in [0.5, 0.6) is 0 Å². The Morgan fingerprint density at radius 2 is 1.28 bits per heavy atom. The third-order valence-electron chi connectivity index (χ3n) is 2.60. The first-order chi connectivity index (χ1) is 8.52. The molecular weight excluding hydrogens is 260 g/mol. The third kappa shape index (κ3) is 3.62. The highest BCUT2D eigenvalue weighted by Gasteiger charge is 2.27. The molecule has 2 rings (SSSR count). The second-order valence-corrected chi connectivity index (χ2v) is 5.23. The minimum atomic E-state index is -0.562. The highest BCUT2D eigenvalue weighted by Crippen LogP contribution is 2.13. The average molecular weight is 272 g/mol. The first kappa shape index (κ1) is 13.2. The number of carbonyl (C=O) groups is 4. The fourth-order valence-corrected chi connectivity index (χ4v) is 2.57. The van der Waals surface area contributed by atoms with Crippen LogP contribution in [0.25, 0.3) is 0 Å². The fourth-order valence-electron chi connectivity index (χ4n) is 1.82. The van der Waals surface area contributed by atoms with E-state index in [0.29, 0.717) is 13.1 Å². The predicted octanol–water partition coefficient (Wildman–Crippen LogP) is -1.53. The summed E-state index contributed by atoms with van der Waals surface area (Å²) in [5.41, 5.74) is 0. The van der Waals surface area contributed by atoms with Crippen molar-refractivity contribution in [3.8, 4) is 0 Å². The molecule has 0 atom stereocenters. The molecule has 2 aliphatic heterocycles. The molecule has 2 heterocycles. The first-order valence-corrected chi connectivity index (χ1v) is 6.26. The summed E-state index contributed by atoms with van der Waals surface area (Å²) in [4.78, 5) is 47.8. The van der Waals surface area contributed by atoms with Crippen LogP contribution in [0.15, 0.2) is 0 Å². The van der Waals surface area contributed by atoms with Gasteiger partial charge in [0.2, 0.25) is 10.2 Å². The summed E-state index contributed by atoms with van der Waals surface area (Å²) in [6.07, 6.45) is 0. The Labute approximate surface area is 107 Å². The Morgan fingerprint density at radius 1 is 0.833 bits per heavy atom. The Kier molecular flexibility index (Phi) is 4.10. The van der Waals surface area contributed by atoms with E-state index in [4.69, 9.17) is 0 Å². The quantitative estimate of drug-likeness (QED) is 0.452. The number of nitrogens with zero attached hydrogens (tertiary/aromatic N) is 2. The van der Waals surface area contributed by atoms with Gasteiger partial charge in [-0.3, -0.25) is 29.0 Å². The van der Waals surface area contributed by atoms with E-state index in [1.807, 2.05) is 0 Å². The number of esters is 2. The van der Waals surface area contributed by atoms with Gasteiger partial charge in [0.15, 0.2) is 0 Å². The molecule has 0 bridgehead atoms. The van der Waals surface area contributed by atoms with Crippen LogP contribution in [0.2, 0.25) is 0 Å². The molecule has 0 N–H and O–H groups in total. The van der Waals surface area contributed by atoms with Gasteiger partial charge in [0.05, 0.1) is 26.2 Å². The molecule has 0 aliphatic carbocycles. The van der Waals surface area contributed by atoms with E-state index in [0.717, 1.165) is 11.8 Å². The second-order valence-electron chi connectivity index (χ2n) is 4.11. The summed E-state index contributed by atoms with van der Waals surface area (Å²) >= 11 is 0.746. The summed E-state index contributed by atoms with van der Waals surface area (Å²) in [7, 11) is 0. The first-order valence-electron chi connectivity index (χ1n) is 5.44. The molecule has 98 valence electrons. The van der Waals surface area contributed by atoms with Crippen LogP contribution in [0.1, 0.15) is 0 Å². The number of rotatable bonds is 3. The number of ether oxygens (including phenoxy) is 1. The SMILES string of the molecule is O=C1CN(CCN2CC(=O)SC(=O)C2)CC(=O)O1. The van der Waals surface area contributed by atoms with E-state index in [-0.39, 0.29) is 36.4 Å². The van der Waals surface area contributed by atoms with Gasteiger partial charge in [-0.25, -0.2) is 0 Å². The maximum absolute atomic E-state index is 11.2. The zero-order chi connectivity index (χ0) is 13.1. The Morgan fingerprint density at radius 3 is 1.78 bits per heavy atom. The number of morpholine rings is 1. The Bertz CT molecular complexity index is 341. The summed E-state index contributed by atoms with van der Waals surface area (Å²) in [6.45, 7) is 1.50. The van der Waals surface area contributed by atoms with E-state index in [1.54, 1.807) is 9.80 Å². The molecule has 0 saturated carbocycles. The van der Waals surface area contributed by atoms with Crippen molar-refractivity contribution in [1.29, 1.82) is 0 Å². The van der Waals surface area contributed by atoms with Gasteiger partial charge in [0.25, 0.3) is 0 Å². The fraction of sp³-hybridized carbons (Fsp3) is 0.600. The van der Waals surface area contributed by atoms with Gasteiger partial charge >= 0.3 is 11.9 Å². The molecular formula is C10H12N2O5S. The van der Waals surface area contributed by atoms with Crippen molar-refractivity contribution in [3.63, 3.8) is 0 Å². The molecule has 7 nitrogen and oxygen atoms in total. The molecule has 8 heteroatoms. The maximum atomic E-state index is 11.2. The second kappa shape index (κ2) is 5.59. The molecule has 0 unspecified atom stereocenters. The van der Waals surface area contributed by atoms with Crippen LogP contribution < -0.4 is 0 Å². The molecule has 2 saturated heterocycles. The van der Waals surface area contributed by atoms with E-state index in [2.05, 4.69) is 4.74 Å². The predicted molar refractivity (Wildman–Crippen MR) is 61.6 cm³/mol. The lowest BCUT2D eigenvalue weighted by atomic mass is 10.3. The monoisotopic (exact) mass is 272 g/mol. The normalized spacial score (nSPS) is 23.3. The maximum Gasteiger partial charge on any atom is 0.327 e. The number of cyclic esters (lactones) is 2. The molecule has 18 heavy (non-hydrogen) atoms. The highest BCUT2D eigenvalue weighted by atomic mass is 32.2. The summed E-state index contributed by atoms with van der Waals surface area (Å²) in [5.74, 6) is -1.12.